The highest BCUT2D eigenvalue weighted by Crippen LogP contribution is 2.40. The lowest BCUT2D eigenvalue weighted by Gasteiger charge is -2.14. The minimum atomic E-state index is -0.0407. The van der Waals surface area contributed by atoms with E-state index in [0.717, 1.165) is 42.7 Å². The molecule has 0 aromatic carbocycles. The molecular formula is C17H22N4O3S. The summed E-state index contributed by atoms with van der Waals surface area (Å²) in [6.07, 6.45) is 6.39. The number of thioether (sulfide) groups is 1. The highest BCUT2D eigenvalue weighted by Gasteiger charge is 2.31. The van der Waals surface area contributed by atoms with Crippen LogP contribution in [0.2, 0.25) is 0 Å². The Bertz CT molecular complexity index is 706. The maximum Gasteiger partial charge on any atom is 0.230 e. The Labute approximate surface area is 150 Å². The molecule has 134 valence electrons. The molecule has 0 unspecified atom stereocenters. The fraction of sp³-hybridized carbons (Fsp3) is 0.588. The monoisotopic (exact) mass is 362 g/mol. The summed E-state index contributed by atoms with van der Waals surface area (Å²) in [6.45, 7) is 2.03. The summed E-state index contributed by atoms with van der Waals surface area (Å²) < 4.78 is 13.1. The van der Waals surface area contributed by atoms with Crippen molar-refractivity contribution in [1.82, 2.24) is 20.1 Å². The van der Waals surface area contributed by atoms with E-state index in [1.165, 1.54) is 24.6 Å². The van der Waals surface area contributed by atoms with Crippen LogP contribution >= 0.6 is 11.8 Å². The summed E-state index contributed by atoms with van der Waals surface area (Å²) >= 11 is 1.43. The molecule has 3 heterocycles. The summed E-state index contributed by atoms with van der Waals surface area (Å²) in [7, 11) is 0. The lowest BCUT2D eigenvalue weighted by Crippen LogP contribution is -2.24. The number of hydrogen-bond acceptors (Lipinski definition) is 6. The Morgan fingerprint density at radius 2 is 2.28 bits per heavy atom. The number of carbonyl (C=O) groups is 1. The predicted octanol–water partition coefficient (Wildman–Crippen LogP) is 2.34. The van der Waals surface area contributed by atoms with Gasteiger partial charge in [-0.05, 0) is 37.8 Å². The molecule has 25 heavy (non-hydrogen) atoms. The van der Waals surface area contributed by atoms with Crippen molar-refractivity contribution in [3.8, 4) is 0 Å². The fourth-order valence-corrected chi connectivity index (χ4v) is 3.78. The lowest BCUT2D eigenvalue weighted by atomic mass is 10.2. The third-order valence-electron chi connectivity index (χ3n) is 4.47. The van der Waals surface area contributed by atoms with E-state index in [9.17, 15) is 4.79 Å². The summed E-state index contributed by atoms with van der Waals surface area (Å²) in [5, 5.41) is 12.4. The smallest absolute Gasteiger partial charge is 0.230 e. The molecule has 2 fully saturated rings. The molecule has 1 saturated heterocycles. The van der Waals surface area contributed by atoms with Crippen LogP contribution in [0.25, 0.3) is 0 Å². The highest BCUT2D eigenvalue weighted by atomic mass is 32.2. The molecule has 4 rings (SSSR count). The van der Waals surface area contributed by atoms with Gasteiger partial charge in [0.05, 0.1) is 31.2 Å². The van der Waals surface area contributed by atoms with Crippen LogP contribution in [0.4, 0.5) is 0 Å². The van der Waals surface area contributed by atoms with E-state index in [0.29, 0.717) is 18.2 Å². The normalized spacial score (nSPS) is 20.1. The van der Waals surface area contributed by atoms with Gasteiger partial charge in [0, 0.05) is 12.5 Å². The number of nitrogens with zero attached hydrogens (tertiary/aromatic N) is 3. The first-order valence-electron chi connectivity index (χ1n) is 8.76. The van der Waals surface area contributed by atoms with Crippen molar-refractivity contribution in [3.05, 3.63) is 30.0 Å². The van der Waals surface area contributed by atoms with Crippen LogP contribution in [-0.2, 0) is 22.6 Å². The summed E-state index contributed by atoms with van der Waals surface area (Å²) in [5.74, 6) is 2.59. The Kier molecular flexibility index (Phi) is 5.07. The number of rotatable bonds is 8. The minimum absolute atomic E-state index is 0.0407. The largest absolute Gasteiger partial charge is 0.467 e. The van der Waals surface area contributed by atoms with Crippen LogP contribution in [0, 0.1) is 0 Å². The second-order valence-corrected chi connectivity index (χ2v) is 7.45. The number of nitrogens with one attached hydrogen (secondary N) is 1. The Morgan fingerprint density at radius 1 is 1.36 bits per heavy atom. The van der Waals surface area contributed by atoms with E-state index in [4.69, 9.17) is 9.15 Å². The van der Waals surface area contributed by atoms with Gasteiger partial charge < -0.3 is 19.0 Å². The number of ether oxygens (including phenoxy) is 1. The first-order valence-corrected chi connectivity index (χ1v) is 9.75. The van der Waals surface area contributed by atoms with Crippen LogP contribution < -0.4 is 5.32 Å². The molecule has 0 radical (unpaired) electrons. The number of amides is 1. The maximum absolute atomic E-state index is 12.1. The molecule has 2 aromatic rings. The average molecular weight is 362 g/mol. The van der Waals surface area contributed by atoms with Crippen molar-refractivity contribution >= 4 is 17.7 Å². The molecular weight excluding hydrogens is 340 g/mol. The fourth-order valence-electron chi connectivity index (χ4n) is 2.99. The molecule has 1 atom stereocenters. The predicted molar refractivity (Wildman–Crippen MR) is 92.2 cm³/mol. The highest BCUT2D eigenvalue weighted by molar-refractivity contribution is 7.99. The summed E-state index contributed by atoms with van der Waals surface area (Å²) in [5.41, 5.74) is 0. The molecule has 0 spiro atoms. The average Bonchev–Trinajstić information content (AvgIpc) is 3.05. The van der Waals surface area contributed by atoms with Crippen molar-refractivity contribution in [1.29, 1.82) is 0 Å². The Hall–Kier alpha value is -1.80. The van der Waals surface area contributed by atoms with Crippen LogP contribution in [0.5, 0.6) is 0 Å². The van der Waals surface area contributed by atoms with Crippen LogP contribution in [0.1, 0.15) is 43.2 Å². The van der Waals surface area contributed by atoms with Gasteiger partial charge in [-0.25, -0.2) is 0 Å². The SMILES string of the molecule is O=C(CSc1nnc(C2CC2)n1C[C@@H]1CCCO1)NCc1ccco1. The molecule has 8 heteroatoms. The van der Waals surface area contributed by atoms with Crippen LogP contribution in [0.15, 0.2) is 28.0 Å². The van der Waals surface area contributed by atoms with Gasteiger partial charge in [-0.1, -0.05) is 11.8 Å². The van der Waals surface area contributed by atoms with E-state index >= 15 is 0 Å². The molecule has 1 aliphatic heterocycles. The van der Waals surface area contributed by atoms with Crippen LogP contribution in [0.3, 0.4) is 0 Å². The molecule has 1 N–H and O–H groups in total. The van der Waals surface area contributed by atoms with Gasteiger partial charge in [-0.2, -0.15) is 0 Å². The lowest BCUT2D eigenvalue weighted by molar-refractivity contribution is -0.118. The van der Waals surface area contributed by atoms with Gasteiger partial charge in [0.2, 0.25) is 5.91 Å². The van der Waals surface area contributed by atoms with Gasteiger partial charge in [-0.15, -0.1) is 10.2 Å². The van der Waals surface area contributed by atoms with Crippen molar-refractivity contribution in [2.45, 2.75) is 56.0 Å². The zero-order valence-electron chi connectivity index (χ0n) is 14.0. The van der Waals surface area contributed by atoms with Gasteiger partial charge in [0.1, 0.15) is 11.6 Å². The van der Waals surface area contributed by atoms with Gasteiger partial charge >= 0.3 is 0 Å². The van der Waals surface area contributed by atoms with E-state index in [2.05, 4.69) is 20.1 Å². The van der Waals surface area contributed by atoms with Crippen molar-refractivity contribution < 1.29 is 13.9 Å². The second kappa shape index (κ2) is 7.61. The molecule has 2 aliphatic rings. The molecule has 1 aliphatic carbocycles. The summed E-state index contributed by atoms with van der Waals surface area (Å²) in [6, 6.07) is 3.65. The maximum atomic E-state index is 12.1. The quantitative estimate of drug-likeness (QED) is 0.726. The summed E-state index contributed by atoms with van der Waals surface area (Å²) in [4.78, 5) is 12.1. The van der Waals surface area contributed by atoms with Crippen molar-refractivity contribution in [2.24, 2.45) is 0 Å². The van der Waals surface area contributed by atoms with Crippen molar-refractivity contribution in [2.75, 3.05) is 12.4 Å². The Morgan fingerprint density at radius 3 is 3.00 bits per heavy atom. The first kappa shape index (κ1) is 16.7. The van der Waals surface area contributed by atoms with Gasteiger partial charge in [-0.3, -0.25) is 4.79 Å². The Balaban J connectivity index is 1.35. The number of furan rings is 1. The van der Waals surface area contributed by atoms with Gasteiger partial charge in [0.15, 0.2) is 5.16 Å². The minimum Gasteiger partial charge on any atom is -0.467 e. The van der Waals surface area contributed by atoms with Crippen LogP contribution in [-0.4, -0.2) is 39.1 Å². The number of hydrogen-bond donors (Lipinski definition) is 1. The molecule has 2 aromatic heterocycles. The van der Waals surface area contributed by atoms with Crippen molar-refractivity contribution in [3.63, 3.8) is 0 Å². The third-order valence-corrected chi connectivity index (χ3v) is 5.44. The van der Waals surface area contributed by atoms with E-state index < -0.39 is 0 Å². The zero-order chi connectivity index (χ0) is 17.1. The van der Waals surface area contributed by atoms with E-state index in [-0.39, 0.29) is 12.0 Å². The van der Waals surface area contributed by atoms with Gasteiger partial charge in [0.25, 0.3) is 0 Å². The topological polar surface area (TPSA) is 82.2 Å². The van der Waals surface area contributed by atoms with E-state index in [1.807, 2.05) is 12.1 Å². The van der Waals surface area contributed by atoms with E-state index in [1.54, 1.807) is 6.26 Å². The molecule has 1 amide bonds. The molecule has 0 bridgehead atoms. The number of aromatic nitrogens is 3. The first-order chi connectivity index (χ1) is 12.3. The molecule has 1 saturated carbocycles. The zero-order valence-corrected chi connectivity index (χ0v) is 14.8. The standard InChI is InChI=1S/C17H22N4O3S/c22-15(18-9-13-3-1-7-23-13)11-25-17-20-19-16(12-5-6-12)21(17)10-14-4-2-8-24-14/h1,3,7,12,14H,2,4-6,8-11H2,(H,18,22)/t14-/m0/s1. The third kappa shape index (κ3) is 4.24. The molecule has 7 nitrogen and oxygen atoms in total. The second-order valence-electron chi connectivity index (χ2n) is 6.51. The number of carbonyl (C=O) groups excluding carboxylic acids is 1.